The van der Waals surface area contributed by atoms with Gasteiger partial charge in [0.05, 0.1) is 17.1 Å². The Labute approximate surface area is 243 Å². The van der Waals surface area contributed by atoms with Gasteiger partial charge in [0.15, 0.2) is 0 Å². The Morgan fingerprint density at radius 3 is 2.78 bits per heavy atom. The second-order valence-electron chi connectivity index (χ2n) is 10.2. The van der Waals surface area contributed by atoms with Crippen LogP contribution in [0.25, 0.3) is 10.8 Å². The lowest BCUT2D eigenvalue weighted by Gasteiger charge is -2.39. The van der Waals surface area contributed by atoms with Gasteiger partial charge in [-0.15, -0.1) is 0 Å². The fraction of sp³-hybridized carbons (Fsp3) is 0.379. The molecular formula is C29H34ClFN6O4. The molecule has 0 spiro atoms. The van der Waals surface area contributed by atoms with E-state index in [9.17, 15) is 18.8 Å². The van der Waals surface area contributed by atoms with E-state index in [4.69, 9.17) is 16.3 Å². The maximum absolute atomic E-state index is 13.8. The number of ether oxygens (including phenoxy) is 1. The van der Waals surface area contributed by atoms with Crippen molar-refractivity contribution >= 4 is 46.2 Å². The summed E-state index contributed by atoms with van der Waals surface area (Å²) in [6.07, 6.45) is 1.97. The molecule has 12 heteroatoms. The highest BCUT2D eigenvalue weighted by atomic mass is 35.5. The maximum Gasteiger partial charge on any atom is 0.412 e. The molecule has 4 rings (SSSR count). The van der Waals surface area contributed by atoms with Gasteiger partial charge < -0.3 is 25.2 Å². The molecule has 3 aromatic rings. The van der Waals surface area contributed by atoms with E-state index in [2.05, 4.69) is 20.9 Å². The number of amides is 4. The lowest BCUT2D eigenvalue weighted by atomic mass is 9.94. The molecule has 1 aromatic heterocycles. The second kappa shape index (κ2) is 13.6. The van der Waals surface area contributed by atoms with Gasteiger partial charge in [-0.25, -0.2) is 19.0 Å². The summed E-state index contributed by atoms with van der Waals surface area (Å²) >= 11 is 6.04. The van der Waals surface area contributed by atoms with E-state index in [1.54, 1.807) is 30.3 Å². The van der Waals surface area contributed by atoms with Crippen LogP contribution in [-0.2, 0) is 16.1 Å². The number of piperazine rings is 1. The van der Waals surface area contributed by atoms with Crippen LogP contribution in [0.2, 0.25) is 5.02 Å². The van der Waals surface area contributed by atoms with Gasteiger partial charge >= 0.3 is 12.1 Å². The summed E-state index contributed by atoms with van der Waals surface area (Å²) in [5, 5.41) is 10.3. The summed E-state index contributed by atoms with van der Waals surface area (Å²) in [7, 11) is 1.60. The third-order valence-electron chi connectivity index (χ3n) is 7.28. The predicted octanol–water partition coefficient (Wildman–Crippen LogP) is 4.39. The minimum Gasteiger partial charge on any atom is -0.447 e. The normalized spacial score (nSPS) is 14.8. The quantitative estimate of drug-likeness (QED) is 0.326. The average Bonchev–Trinajstić information content (AvgIpc) is 2.97. The SMILES string of the molecule is CN(C(=O)NCc1cccc(F)c1Cl)[C@](C)(CCCN1CCNCC1=O)COC(=O)Nc1cc2ccccc2cn1. The predicted molar refractivity (Wildman–Crippen MR) is 155 cm³/mol. The number of carbonyl (C=O) groups excluding carboxylic acids is 3. The average molecular weight is 585 g/mol. The molecule has 1 fully saturated rings. The number of likely N-dealkylation sites (N-methyl/N-ethyl adjacent to an activating group) is 1. The first-order chi connectivity index (χ1) is 19.7. The fourth-order valence-electron chi connectivity index (χ4n) is 4.60. The minimum absolute atomic E-state index is 0.0140. The lowest BCUT2D eigenvalue weighted by Crippen LogP contribution is -2.55. The summed E-state index contributed by atoms with van der Waals surface area (Å²) in [5.74, 6) is -0.209. The van der Waals surface area contributed by atoms with Crippen molar-refractivity contribution in [2.24, 2.45) is 0 Å². The third-order valence-corrected chi connectivity index (χ3v) is 7.71. The molecule has 2 heterocycles. The number of urea groups is 1. The van der Waals surface area contributed by atoms with E-state index in [0.717, 1.165) is 17.3 Å². The zero-order valence-electron chi connectivity index (χ0n) is 23.1. The lowest BCUT2D eigenvalue weighted by molar-refractivity contribution is -0.132. The summed E-state index contributed by atoms with van der Waals surface area (Å²) in [4.78, 5) is 45.6. The molecule has 0 bridgehead atoms. The zero-order valence-corrected chi connectivity index (χ0v) is 23.8. The van der Waals surface area contributed by atoms with Crippen molar-refractivity contribution in [3.8, 4) is 0 Å². The number of hydrogen-bond acceptors (Lipinski definition) is 6. The van der Waals surface area contributed by atoms with Crippen molar-refractivity contribution in [2.75, 3.05) is 45.2 Å². The molecule has 41 heavy (non-hydrogen) atoms. The van der Waals surface area contributed by atoms with Crippen molar-refractivity contribution in [1.82, 2.24) is 25.4 Å². The zero-order chi connectivity index (χ0) is 29.4. The molecule has 4 amide bonds. The fourth-order valence-corrected chi connectivity index (χ4v) is 4.80. The maximum atomic E-state index is 13.8. The van der Waals surface area contributed by atoms with Crippen LogP contribution in [0, 0.1) is 5.82 Å². The van der Waals surface area contributed by atoms with Crippen LogP contribution in [-0.4, -0.2) is 78.2 Å². The Balaban J connectivity index is 1.41. The topological polar surface area (TPSA) is 116 Å². The molecular weight excluding hydrogens is 551 g/mol. The Hall–Kier alpha value is -3.96. The largest absolute Gasteiger partial charge is 0.447 e. The summed E-state index contributed by atoms with van der Waals surface area (Å²) < 4.78 is 19.4. The molecule has 218 valence electrons. The van der Waals surface area contributed by atoms with Crippen molar-refractivity contribution in [3.05, 3.63) is 71.1 Å². The number of pyridine rings is 1. The molecule has 0 saturated carbocycles. The molecule has 0 aliphatic carbocycles. The number of rotatable bonds is 10. The molecule has 0 radical (unpaired) electrons. The first kappa shape index (κ1) is 30.0. The van der Waals surface area contributed by atoms with Gasteiger partial charge in [0.25, 0.3) is 0 Å². The number of fused-ring (bicyclic) bond motifs is 1. The highest BCUT2D eigenvalue weighted by molar-refractivity contribution is 6.31. The van der Waals surface area contributed by atoms with Crippen molar-refractivity contribution in [3.63, 3.8) is 0 Å². The number of anilines is 1. The van der Waals surface area contributed by atoms with Crippen molar-refractivity contribution in [1.29, 1.82) is 0 Å². The van der Waals surface area contributed by atoms with Crippen LogP contribution < -0.4 is 16.0 Å². The number of carbonyl (C=O) groups is 3. The van der Waals surface area contributed by atoms with Gasteiger partial charge in [0.2, 0.25) is 5.91 Å². The van der Waals surface area contributed by atoms with Crippen LogP contribution in [0.15, 0.2) is 54.7 Å². The molecule has 2 aromatic carbocycles. The number of aromatic nitrogens is 1. The number of nitrogens with zero attached hydrogens (tertiary/aromatic N) is 3. The number of halogens is 2. The van der Waals surface area contributed by atoms with Gasteiger partial charge in [-0.05, 0) is 42.8 Å². The third kappa shape index (κ3) is 7.83. The van der Waals surface area contributed by atoms with Crippen LogP contribution in [0.5, 0.6) is 0 Å². The van der Waals surface area contributed by atoms with Gasteiger partial charge in [-0.1, -0.05) is 48.0 Å². The number of hydrogen-bond donors (Lipinski definition) is 3. The number of benzene rings is 2. The molecule has 0 unspecified atom stereocenters. The van der Waals surface area contributed by atoms with Crippen molar-refractivity contribution < 1.29 is 23.5 Å². The van der Waals surface area contributed by atoms with Gasteiger partial charge in [-0.2, -0.15) is 0 Å². The summed E-state index contributed by atoms with van der Waals surface area (Å²) in [6.45, 7) is 3.85. The van der Waals surface area contributed by atoms with E-state index in [-0.39, 0.29) is 24.1 Å². The first-order valence-corrected chi connectivity index (χ1v) is 13.8. The van der Waals surface area contributed by atoms with Crippen LogP contribution >= 0.6 is 11.6 Å². The van der Waals surface area contributed by atoms with E-state index in [1.165, 1.54) is 17.0 Å². The summed E-state index contributed by atoms with van der Waals surface area (Å²) in [5.41, 5.74) is -0.494. The Kier molecular flexibility index (Phi) is 9.95. The van der Waals surface area contributed by atoms with Gasteiger partial charge in [0.1, 0.15) is 18.2 Å². The molecule has 1 aliphatic rings. The highest BCUT2D eigenvalue weighted by Gasteiger charge is 2.34. The summed E-state index contributed by atoms with van der Waals surface area (Å²) in [6, 6.07) is 13.3. The minimum atomic E-state index is -0.930. The van der Waals surface area contributed by atoms with Gasteiger partial charge in [0, 0.05) is 44.8 Å². The Bertz CT molecular complexity index is 1410. The van der Waals surface area contributed by atoms with Crippen LogP contribution in [0.4, 0.5) is 19.8 Å². The van der Waals surface area contributed by atoms with E-state index in [0.29, 0.717) is 43.9 Å². The Morgan fingerprint density at radius 2 is 2.00 bits per heavy atom. The smallest absolute Gasteiger partial charge is 0.412 e. The molecule has 1 saturated heterocycles. The van der Waals surface area contributed by atoms with E-state index < -0.39 is 23.5 Å². The van der Waals surface area contributed by atoms with E-state index in [1.807, 2.05) is 31.2 Å². The highest BCUT2D eigenvalue weighted by Crippen LogP contribution is 2.24. The molecule has 3 N–H and O–H groups in total. The molecule has 10 nitrogen and oxygen atoms in total. The molecule has 1 atom stereocenters. The monoisotopic (exact) mass is 584 g/mol. The molecule has 1 aliphatic heterocycles. The van der Waals surface area contributed by atoms with Crippen LogP contribution in [0.3, 0.4) is 0 Å². The number of nitrogens with one attached hydrogen (secondary N) is 3. The van der Waals surface area contributed by atoms with Crippen LogP contribution in [0.1, 0.15) is 25.3 Å². The first-order valence-electron chi connectivity index (χ1n) is 13.4. The second-order valence-corrected chi connectivity index (χ2v) is 10.6. The van der Waals surface area contributed by atoms with E-state index >= 15 is 0 Å². The van der Waals surface area contributed by atoms with Gasteiger partial charge in [-0.3, -0.25) is 10.1 Å². The Morgan fingerprint density at radius 1 is 1.22 bits per heavy atom. The standard InChI is InChI=1S/C29H34ClFN6O4/c1-29(11-6-13-37-14-12-32-18-25(37)38,36(2)27(39)34-17-22-9-5-10-23(31)26(22)30)19-41-28(40)35-24-15-20-7-3-4-8-21(20)16-33-24/h3-5,7-10,15-16,32H,6,11-14,17-19H2,1-2H3,(H,34,39)(H,33,35,40)/t29-/m1/s1. The van der Waals surface area contributed by atoms with Crippen molar-refractivity contribution in [2.45, 2.75) is 31.8 Å².